The van der Waals surface area contributed by atoms with Crippen molar-refractivity contribution in [3.63, 3.8) is 0 Å². The lowest BCUT2D eigenvalue weighted by Gasteiger charge is -2.32. The molecular weight excluding hydrogens is 262 g/mol. The molecule has 3 rings (SSSR count). The van der Waals surface area contributed by atoms with E-state index in [1.54, 1.807) is 0 Å². The van der Waals surface area contributed by atoms with Gasteiger partial charge in [-0.2, -0.15) is 0 Å². The minimum absolute atomic E-state index is 0.269. The minimum Gasteiger partial charge on any atom is -0.396 e. The van der Waals surface area contributed by atoms with Crippen LogP contribution in [0.1, 0.15) is 12.8 Å². The van der Waals surface area contributed by atoms with Crippen molar-refractivity contribution < 1.29 is 5.11 Å². The summed E-state index contributed by atoms with van der Waals surface area (Å²) < 4.78 is 0. The fraction of sp³-hybridized carbons (Fsp3) is 0.429. The van der Waals surface area contributed by atoms with Crippen LogP contribution in [0, 0.1) is 5.92 Å². The Morgan fingerprint density at radius 1 is 1.16 bits per heavy atom. The van der Waals surface area contributed by atoms with E-state index < -0.39 is 0 Å². The zero-order chi connectivity index (χ0) is 13.2. The number of rotatable bonds is 2. The molecule has 0 radical (unpaired) electrons. The maximum absolute atomic E-state index is 9.17. The Kier molecular flexibility index (Phi) is 3.53. The molecule has 2 heterocycles. The third-order valence-electron chi connectivity index (χ3n) is 3.68. The van der Waals surface area contributed by atoms with E-state index in [9.17, 15) is 5.11 Å². The highest BCUT2D eigenvalue weighted by molar-refractivity contribution is 6.32. The lowest BCUT2D eigenvalue weighted by molar-refractivity contribution is 0.203. The van der Waals surface area contributed by atoms with E-state index in [0.717, 1.165) is 42.8 Å². The van der Waals surface area contributed by atoms with Gasteiger partial charge < -0.3 is 10.0 Å². The molecule has 0 bridgehead atoms. The van der Waals surface area contributed by atoms with Gasteiger partial charge in [0.05, 0.1) is 11.0 Å². The van der Waals surface area contributed by atoms with E-state index in [0.29, 0.717) is 11.1 Å². The second-order valence-corrected chi connectivity index (χ2v) is 5.30. The molecule has 19 heavy (non-hydrogen) atoms. The molecule has 100 valence electrons. The van der Waals surface area contributed by atoms with E-state index in [-0.39, 0.29) is 6.61 Å². The number of piperidine rings is 1. The van der Waals surface area contributed by atoms with Gasteiger partial charge in [0.2, 0.25) is 0 Å². The van der Waals surface area contributed by atoms with Crippen LogP contribution in [0.3, 0.4) is 0 Å². The third-order valence-corrected chi connectivity index (χ3v) is 3.94. The van der Waals surface area contributed by atoms with Gasteiger partial charge in [0, 0.05) is 19.7 Å². The maximum Gasteiger partial charge on any atom is 0.172 e. The summed E-state index contributed by atoms with van der Waals surface area (Å²) in [6.45, 7) is 2.01. The smallest absolute Gasteiger partial charge is 0.172 e. The molecular formula is C14H16ClN3O. The van der Waals surface area contributed by atoms with Crippen LogP contribution in [-0.4, -0.2) is 34.8 Å². The second-order valence-electron chi connectivity index (χ2n) is 4.94. The first-order valence-corrected chi connectivity index (χ1v) is 6.94. The van der Waals surface area contributed by atoms with Crippen molar-refractivity contribution in [1.82, 2.24) is 9.97 Å². The topological polar surface area (TPSA) is 49.2 Å². The fourth-order valence-corrected chi connectivity index (χ4v) is 2.75. The number of aromatic nitrogens is 2. The van der Waals surface area contributed by atoms with Crippen LogP contribution >= 0.6 is 11.6 Å². The molecule has 4 nitrogen and oxygen atoms in total. The van der Waals surface area contributed by atoms with Crippen molar-refractivity contribution >= 4 is 28.5 Å². The molecule has 1 aliphatic rings. The molecule has 0 atom stereocenters. The number of para-hydroxylation sites is 2. The molecule has 0 spiro atoms. The molecule has 0 aliphatic carbocycles. The largest absolute Gasteiger partial charge is 0.396 e. The number of halogens is 1. The van der Waals surface area contributed by atoms with Crippen molar-refractivity contribution in [2.24, 2.45) is 5.92 Å². The van der Waals surface area contributed by atoms with Crippen LogP contribution in [0.2, 0.25) is 5.15 Å². The third kappa shape index (κ3) is 2.51. The summed E-state index contributed by atoms with van der Waals surface area (Å²) in [5, 5.41) is 9.63. The number of hydrogen-bond donors (Lipinski definition) is 1. The second kappa shape index (κ2) is 5.31. The van der Waals surface area contributed by atoms with Crippen molar-refractivity contribution in [3.8, 4) is 0 Å². The highest BCUT2D eigenvalue weighted by atomic mass is 35.5. The molecule has 1 aliphatic heterocycles. The number of benzene rings is 1. The lowest BCUT2D eigenvalue weighted by atomic mass is 9.98. The molecule has 0 unspecified atom stereocenters. The predicted molar refractivity (Wildman–Crippen MR) is 76.6 cm³/mol. The van der Waals surface area contributed by atoms with Crippen molar-refractivity contribution in [3.05, 3.63) is 29.4 Å². The van der Waals surface area contributed by atoms with Gasteiger partial charge in [0.15, 0.2) is 11.0 Å². The molecule has 1 aromatic heterocycles. The Bertz CT molecular complexity index is 582. The number of nitrogens with zero attached hydrogens (tertiary/aromatic N) is 3. The fourth-order valence-electron chi connectivity index (χ4n) is 2.50. The van der Waals surface area contributed by atoms with Crippen LogP contribution in [0.5, 0.6) is 0 Å². The highest BCUT2D eigenvalue weighted by Crippen LogP contribution is 2.28. The first kappa shape index (κ1) is 12.6. The van der Waals surface area contributed by atoms with Gasteiger partial charge in [-0.3, -0.25) is 0 Å². The molecule has 1 aromatic carbocycles. The van der Waals surface area contributed by atoms with Gasteiger partial charge >= 0.3 is 0 Å². The van der Waals surface area contributed by atoms with Crippen LogP contribution in [0.25, 0.3) is 11.0 Å². The van der Waals surface area contributed by atoms with E-state index in [2.05, 4.69) is 14.9 Å². The SMILES string of the molecule is OCC1CCN(c2nc3ccccc3nc2Cl)CC1. The van der Waals surface area contributed by atoms with Crippen molar-refractivity contribution in [2.75, 3.05) is 24.6 Å². The van der Waals surface area contributed by atoms with Gasteiger partial charge in [0.25, 0.3) is 0 Å². The molecule has 1 fully saturated rings. The number of aliphatic hydroxyl groups is 1. The van der Waals surface area contributed by atoms with Crippen molar-refractivity contribution in [1.29, 1.82) is 0 Å². The Morgan fingerprint density at radius 2 is 1.79 bits per heavy atom. The normalized spacial score (nSPS) is 17.1. The standard InChI is InChI=1S/C14H16ClN3O/c15-13-14(18-7-5-10(9-19)6-8-18)17-12-4-2-1-3-11(12)16-13/h1-4,10,19H,5-9H2. The van der Waals surface area contributed by atoms with Crippen LogP contribution < -0.4 is 4.90 Å². The maximum atomic E-state index is 9.17. The Balaban J connectivity index is 1.90. The highest BCUT2D eigenvalue weighted by Gasteiger charge is 2.22. The number of fused-ring (bicyclic) bond motifs is 1. The minimum atomic E-state index is 0.269. The van der Waals surface area contributed by atoms with E-state index in [4.69, 9.17) is 11.6 Å². The Labute approximate surface area is 117 Å². The number of anilines is 1. The molecule has 0 amide bonds. The molecule has 5 heteroatoms. The van der Waals surface area contributed by atoms with Crippen LogP contribution in [0.4, 0.5) is 5.82 Å². The molecule has 1 saturated heterocycles. The zero-order valence-electron chi connectivity index (χ0n) is 10.6. The van der Waals surface area contributed by atoms with Gasteiger partial charge in [-0.1, -0.05) is 23.7 Å². The van der Waals surface area contributed by atoms with Crippen molar-refractivity contribution in [2.45, 2.75) is 12.8 Å². The average Bonchev–Trinajstić information content (AvgIpc) is 2.47. The van der Waals surface area contributed by atoms with Gasteiger partial charge in [-0.05, 0) is 30.9 Å². The summed E-state index contributed by atoms with van der Waals surface area (Å²) in [6.07, 6.45) is 1.95. The van der Waals surface area contributed by atoms with Crippen LogP contribution in [0.15, 0.2) is 24.3 Å². The van der Waals surface area contributed by atoms with E-state index >= 15 is 0 Å². The monoisotopic (exact) mass is 277 g/mol. The first-order chi connectivity index (χ1) is 9.28. The Morgan fingerprint density at radius 3 is 2.42 bits per heavy atom. The van der Waals surface area contributed by atoms with Gasteiger partial charge in [0.1, 0.15) is 0 Å². The molecule has 1 N–H and O–H groups in total. The summed E-state index contributed by atoms with van der Waals surface area (Å²) in [4.78, 5) is 11.2. The predicted octanol–water partition coefficient (Wildman–Crippen LogP) is 2.49. The lowest BCUT2D eigenvalue weighted by Crippen LogP contribution is -2.35. The van der Waals surface area contributed by atoms with Crippen LogP contribution in [-0.2, 0) is 0 Å². The summed E-state index contributed by atoms with van der Waals surface area (Å²) in [5.41, 5.74) is 1.69. The van der Waals surface area contributed by atoms with Gasteiger partial charge in [-0.15, -0.1) is 0 Å². The number of hydrogen-bond acceptors (Lipinski definition) is 4. The van der Waals surface area contributed by atoms with E-state index in [1.165, 1.54) is 0 Å². The Hall–Kier alpha value is -1.39. The zero-order valence-corrected chi connectivity index (χ0v) is 11.3. The number of aliphatic hydroxyl groups excluding tert-OH is 1. The summed E-state index contributed by atoms with van der Waals surface area (Å²) >= 11 is 6.24. The van der Waals surface area contributed by atoms with E-state index in [1.807, 2.05) is 24.3 Å². The summed E-state index contributed by atoms with van der Waals surface area (Å²) in [7, 11) is 0. The average molecular weight is 278 g/mol. The molecule has 2 aromatic rings. The molecule has 0 saturated carbocycles. The van der Waals surface area contributed by atoms with Gasteiger partial charge in [-0.25, -0.2) is 9.97 Å². The first-order valence-electron chi connectivity index (χ1n) is 6.56. The summed E-state index contributed by atoms with van der Waals surface area (Å²) in [5.74, 6) is 1.17. The summed E-state index contributed by atoms with van der Waals surface area (Å²) in [6, 6.07) is 7.74. The quantitative estimate of drug-likeness (QED) is 0.916.